The number of nitrogens with one attached hydrogen (secondary N) is 1. The number of allylic oxidation sites excluding steroid dienone is 8. The Morgan fingerprint density at radius 1 is 0.729 bits per heavy atom. The Morgan fingerprint density at radius 3 is 2.15 bits per heavy atom. The Labute approximate surface area is 350 Å². The Bertz CT molecular complexity index is 2280. The Kier molecular flexibility index (Phi) is 14.7. The summed E-state index contributed by atoms with van der Waals surface area (Å²) in [7, 11) is 1.64. The number of hydrogen-bond acceptors (Lipinski definition) is 6. The molecule has 4 aromatic carbocycles. The second-order valence-corrected chi connectivity index (χ2v) is 16.6. The Balaban J connectivity index is 1.16. The lowest BCUT2D eigenvalue weighted by molar-refractivity contribution is -0.438. The highest BCUT2D eigenvalue weighted by atomic mass is 16.5. The molecule has 2 aliphatic rings. The minimum Gasteiger partial charge on any atom is -0.550 e. The van der Waals surface area contributed by atoms with Gasteiger partial charge >= 0.3 is 0 Å². The summed E-state index contributed by atoms with van der Waals surface area (Å²) in [6, 6.07) is 26.1. The summed E-state index contributed by atoms with van der Waals surface area (Å²) in [6.45, 7) is 12.9. The topological polar surface area (TPSA) is 93.9 Å². The summed E-state index contributed by atoms with van der Waals surface area (Å²) in [4.78, 5) is 25.9. The summed E-state index contributed by atoms with van der Waals surface area (Å²) in [6.07, 6.45) is 19.7. The first-order valence-electron chi connectivity index (χ1n) is 21.3. The minimum absolute atomic E-state index is 0.0700. The molecule has 8 heteroatoms. The molecule has 4 aromatic rings. The highest BCUT2D eigenvalue weighted by Gasteiger charge is 2.45. The number of hydrogen-bond donors (Lipinski definition) is 1. The number of rotatable bonds is 21. The molecule has 0 bridgehead atoms. The number of carboxylic acids is 1. The van der Waals surface area contributed by atoms with Gasteiger partial charge < -0.3 is 29.6 Å². The Morgan fingerprint density at radius 2 is 1.41 bits per heavy atom. The van der Waals surface area contributed by atoms with E-state index in [1.807, 2.05) is 0 Å². The van der Waals surface area contributed by atoms with Gasteiger partial charge in [-0.25, -0.2) is 0 Å². The van der Waals surface area contributed by atoms with E-state index in [1.165, 1.54) is 55.5 Å². The second kappa shape index (κ2) is 20.1. The molecule has 0 fully saturated rings. The van der Waals surface area contributed by atoms with Crippen molar-refractivity contribution in [2.45, 2.75) is 83.5 Å². The van der Waals surface area contributed by atoms with Crippen LogP contribution in [0.5, 0.6) is 0 Å². The number of nitrogens with zero attached hydrogens (tertiary/aromatic N) is 2. The molecule has 6 rings (SSSR count). The van der Waals surface area contributed by atoms with E-state index in [2.05, 4.69) is 158 Å². The summed E-state index contributed by atoms with van der Waals surface area (Å²) < 4.78 is 12.9. The number of fused-ring (bicyclic) bond motifs is 6. The summed E-state index contributed by atoms with van der Waals surface area (Å²) in [5.74, 6) is -0.926. The molecule has 2 heterocycles. The van der Waals surface area contributed by atoms with Gasteiger partial charge in [0, 0.05) is 73.5 Å². The van der Waals surface area contributed by atoms with Gasteiger partial charge in [-0.15, -0.1) is 0 Å². The average molecular weight is 796 g/mol. The zero-order chi connectivity index (χ0) is 41.8. The zero-order valence-electron chi connectivity index (χ0n) is 35.6. The number of amides is 1. The van der Waals surface area contributed by atoms with Crippen molar-refractivity contribution in [1.82, 2.24) is 5.32 Å². The van der Waals surface area contributed by atoms with Gasteiger partial charge in [-0.05, 0) is 91.3 Å². The minimum atomic E-state index is -0.996. The second-order valence-electron chi connectivity index (χ2n) is 16.6. The molecule has 0 saturated carbocycles. The van der Waals surface area contributed by atoms with E-state index in [-0.39, 0.29) is 23.2 Å². The summed E-state index contributed by atoms with van der Waals surface area (Å²) >= 11 is 0. The standard InChI is InChI=1S/C51H61N3O5/c1-50(2)44(53(42-30-28-38-20-13-15-22-40(38)48(42)50)33-18-9-12-26-46(55)52-32-35-59-37-36-58-5)24-10-7-6-8-11-25-45-51(3,4)49-41-23-16-14-21-39(41)29-31-43(49)54(45)34-19-17-27-47(56)57/h6-8,10-11,13-16,20-25,28-31H,9,12,17-19,26-27,32-37H2,1-5H3,(H-,52,55,56,57). The molecule has 0 radical (unpaired) electrons. The van der Waals surface area contributed by atoms with Gasteiger partial charge in [0.05, 0.1) is 25.2 Å². The van der Waals surface area contributed by atoms with Gasteiger partial charge in [-0.1, -0.05) is 98.8 Å². The van der Waals surface area contributed by atoms with Crippen molar-refractivity contribution < 1.29 is 28.7 Å². The van der Waals surface area contributed by atoms with Gasteiger partial charge in [0.2, 0.25) is 11.6 Å². The van der Waals surface area contributed by atoms with Crippen molar-refractivity contribution in [3.05, 3.63) is 132 Å². The van der Waals surface area contributed by atoms with Crippen LogP contribution in [0.2, 0.25) is 0 Å². The highest BCUT2D eigenvalue weighted by Crippen LogP contribution is 2.51. The summed E-state index contributed by atoms with van der Waals surface area (Å²) in [5, 5.41) is 19.1. The van der Waals surface area contributed by atoms with Crippen molar-refractivity contribution >= 4 is 50.5 Å². The highest BCUT2D eigenvalue weighted by molar-refractivity contribution is 6.07. The first-order valence-corrected chi connectivity index (χ1v) is 21.3. The molecule has 1 amide bonds. The van der Waals surface area contributed by atoms with Crippen molar-refractivity contribution in [3.8, 4) is 0 Å². The van der Waals surface area contributed by atoms with E-state index < -0.39 is 5.97 Å². The number of carboxylic acid groups (broad SMARTS) is 1. The maximum Gasteiger partial charge on any atom is 0.220 e. The van der Waals surface area contributed by atoms with E-state index in [0.29, 0.717) is 39.2 Å². The van der Waals surface area contributed by atoms with Crippen LogP contribution in [0, 0.1) is 0 Å². The smallest absolute Gasteiger partial charge is 0.220 e. The van der Waals surface area contributed by atoms with Crippen LogP contribution in [-0.2, 0) is 29.9 Å². The van der Waals surface area contributed by atoms with Crippen LogP contribution in [-0.4, -0.2) is 68.7 Å². The van der Waals surface area contributed by atoms with Crippen LogP contribution in [0.1, 0.15) is 83.8 Å². The van der Waals surface area contributed by atoms with Crippen LogP contribution in [0.15, 0.2) is 121 Å². The van der Waals surface area contributed by atoms with E-state index >= 15 is 0 Å². The number of methoxy groups -OCH3 is 1. The third kappa shape index (κ3) is 10.1. The maximum absolute atomic E-state index is 12.4. The number of unbranched alkanes of at least 4 members (excludes halogenated alkanes) is 3. The molecular weight excluding hydrogens is 735 g/mol. The van der Waals surface area contributed by atoms with E-state index in [1.54, 1.807) is 7.11 Å². The number of carbonyl (C=O) groups is 2. The molecule has 0 aromatic heterocycles. The maximum atomic E-state index is 12.4. The van der Waals surface area contributed by atoms with E-state index in [0.717, 1.165) is 38.8 Å². The predicted molar refractivity (Wildman–Crippen MR) is 240 cm³/mol. The quantitative estimate of drug-likeness (QED) is 0.0515. The van der Waals surface area contributed by atoms with Crippen LogP contribution < -0.4 is 15.3 Å². The normalized spacial score (nSPS) is 16.4. The summed E-state index contributed by atoms with van der Waals surface area (Å²) in [5.41, 5.74) is 7.13. The average Bonchev–Trinajstić information content (AvgIpc) is 3.58. The molecule has 0 unspecified atom stereocenters. The SMILES string of the molecule is COCCOCCNC(=O)CCCCC[N+]1=C(/C=C/C=C/C=C/C=C2/N(CCCCC(=O)[O-])c3ccc4ccccc4c3C2(C)C)C(C)(C)c2c1ccc1ccccc21. The van der Waals surface area contributed by atoms with Gasteiger partial charge in [0.1, 0.15) is 6.54 Å². The van der Waals surface area contributed by atoms with Crippen LogP contribution in [0.4, 0.5) is 11.4 Å². The molecule has 8 nitrogen and oxygen atoms in total. The van der Waals surface area contributed by atoms with Crippen molar-refractivity contribution in [2.24, 2.45) is 0 Å². The number of benzene rings is 4. The van der Waals surface area contributed by atoms with Gasteiger partial charge in [0.25, 0.3) is 0 Å². The molecule has 0 spiro atoms. The van der Waals surface area contributed by atoms with Crippen molar-refractivity contribution in [3.63, 3.8) is 0 Å². The predicted octanol–water partition coefficient (Wildman–Crippen LogP) is 8.98. The van der Waals surface area contributed by atoms with Gasteiger partial charge in [-0.3, -0.25) is 4.79 Å². The van der Waals surface area contributed by atoms with Crippen LogP contribution in [0.3, 0.4) is 0 Å². The third-order valence-corrected chi connectivity index (χ3v) is 11.8. The molecule has 0 atom stereocenters. The first-order chi connectivity index (χ1) is 28.6. The molecule has 1 N–H and O–H groups in total. The number of anilines is 1. The van der Waals surface area contributed by atoms with Crippen molar-refractivity contribution in [1.29, 1.82) is 0 Å². The fourth-order valence-electron chi connectivity index (χ4n) is 8.91. The fraction of sp³-hybridized carbons (Fsp3) is 0.392. The lowest BCUT2D eigenvalue weighted by Crippen LogP contribution is -2.28. The molecule has 0 saturated heterocycles. The molecule has 59 heavy (non-hydrogen) atoms. The largest absolute Gasteiger partial charge is 0.550 e. The lowest BCUT2D eigenvalue weighted by atomic mass is 9.79. The molecule has 310 valence electrons. The molecule has 2 aliphatic heterocycles. The van der Waals surface area contributed by atoms with E-state index in [4.69, 9.17) is 9.47 Å². The number of aliphatic carboxylic acids is 1. The first kappa shape index (κ1) is 43.3. The van der Waals surface area contributed by atoms with E-state index in [9.17, 15) is 14.7 Å². The van der Waals surface area contributed by atoms with Gasteiger partial charge in [0.15, 0.2) is 5.71 Å². The third-order valence-electron chi connectivity index (χ3n) is 11.8. The fourth-order valence-corrected chi connectivity index (χ4v) is 8.91. The monoisotopic (exact) mass is 795 g/mol. The molecular formula is C51H61N3O5. The van der Waals surface area contributed by atoms with Crippen molar-refractivity contribution in [2.75, 3.05) is 51.5 Å². The molecule has 0 aliphatic carbocycles. The lowest BCUT2D eigenvalue weighted by Gasteiger charge is -2.27. The Hall–Kier alpha value is -5.31. The number of carbonyl (C=O) groups excluding carboxylic acids is 2. The number of ether oxygens (including phenoxy) is 2. The van der Waals surface area contributed by atoms with Crippen LogP contribution >= 0.6 is 0 Å². The zero-order valence-corrected chi connectivity index (χ0v) is 35.6. The van der Waals surface area contributed by atoms with Gasteiger partial charge in [-0.2, -0.15) is 4.58 Å². The van der Waals surface area contributed by atoms with Crippen LogP contribution in [0.25, 0.3) is 21.5 Å².